The van der Waals surface area contributed by atoms with Crippen LogP contribution < -0.4 is 10.5 Å². The van der Waals surface area contributed by atoms with Gasteiger partial charge in [-0.2, -0.15) is 0 Å². The van der Waals surface area contributed by atoms with Crippen molar-refractivity contribution >= 4 is 5.69 Å². The summed E-state index contributed by atoms with van der Waals surface area (Å²) in [7, 11) is 0. The van der Waals surface area contributed by atoms with Crippen molar-refractivity contribution in [1.82, 2.24) is 4.98 Å². The van der Waals surface area contributed by atoms with Crippen molar-refractivity contribution in [2.75, 3.05) is 12.3 Å². The maximum Gasteiger partial charge on any atom is 0.197 e. The standard InChI is InChI=1S/C12H14N2O2/c1-9-8-14-12(16-9)5-6-15-11-4-2-3-10(13)7-11/h2-4,7-8H,5-6,13H2,1H3. The molecular formula is C12H14N2O2. The minimum Gasteiger partial charge on any atom is -0.493 e. The summed E-state index contributed by atoms with van der Waals surface area (Å²) in [6.07, 6.45) is 2.36. The fourth-order valence-electron chi connectivity index (χ4n) is 1.38. The molecule has 1 aromatic carbocycles. The van der Waals surface area contributed by atoms with E-state index in [0.717, 1.165) is 11.5 Å². The van der Waals surface area contributed by atoms with Gasteiger partial charge in [0.15, 0.2) is 5.89 Å². The second-order valence-corrected chi connectivity index (χ2v) is 3.54. The van der Waals surface area contributed by atoms with Gasteiger partial charge in [0, 0.05) is 11.8 Å². The summed E-state index contributed by atoms with van der Waals surface area (Å²) in [6, 6.07) is 7.35. The highest BCUT2D eigenvalue weighted by molar-refractivity contribution is 5.43. The van der Waals surface area contributed by atoms with Crippen LogP contribution in [0.15, 0.2) is 34.9 Å². The van der Waals surface area contributed by atoms with Crippen molar-refractivity contribution in [3.05, 3.63) is 42.1 Å². The molecule has 2 aromatic rings. The number of hydrogen-bond donors (Lipinski definition) is 1. The SMILES string of the molecule is Cc1cnc(CCOc2cccc(N)c2)o1. The zero-order valence-electron chi connectivity index (χ0n) is 9.14. The van der Waals surface area contributed by atoms with Crippen molar-refractivity contribution in [2.45, 2.75) is 13.3 Å². The highest BCUT2D eigenvalue weighted by Crippen LogP contribution is 2.14. The Hall–Kier alpha value is -1.97. The molecular weight excluding hydrogens is 204 g/mol. The summed E-state index contributed by atoms with van der Waals surface area (Å²) < 4.78 is 10.8. The van der Waals surface area contributed by atoms with E-state index in [4.69, 9.17) is 14.9 Å². The van der Waals surface area contributed by atoms with Gasteiger partial charge in [0.2, 0.25) is 0 Å². The van der Waals surface area contributed by atoms with Crippen LogP contribution in [0.3, 0.4) is 0 Å². The van der Waals surface area contributed by atoms with Crippen LogP contribution in [0.5, 0.6) is 5.75 Å². The van der Waals surface area contributed by atoms with Crippen LogP contribution in [0.2, 0.25) is 0 Å². The Bertz CT molecular complexity index is 466. The Labute approximate surface area is 94.1 Å². The number of nitrogens with two attached hydrogens (primary N) is 1. The van der Waals surface area contributed by atoms with Crippen LogP contribution in [-0.2, 0) is 6.42 Å². The molecule has 0 spiro atoms. The number of oxazole rings is 1. The van der Waals surface area contributed by atoms with Gasteiger partial charge in [0.1, 0.15) is 11.5 Å². The number of nitrogens with zero attached hydrogens (tertiary/aromatic N) is 1. The smallest absolute Gasteiger partial charge is 0.197 e. The zero-order chi connectivity index (χ0) is 11.4. The van der Waals surface area contributed by atoms with E-state index in [0.29, 0.717) is 24.6 Å². The van der Waals surface area contributed by atoms with Gasteiger partial charge in [-0.1, -0.05) is 6.07 Å². The molecule has 0 aliphatic carbocycles. The molecule has 0 saturated heterocycles. The number of anilines is 1. The van der Waals surface area contributed by atoms with Crippen LogP contribution in [0.4, 0.5) is 5.69 Å². The van der Waals surface area contributed by atoms with Gasteiger partial charge >= 0.3 is 0 Å². The molecule has 0 aliphatic rings. The molecule has 2 N–H and O–H groups in total. The second-order valence-electron chi connectivity index (χ2n) is 3.54. The van der Waals surface area contributed by atoms with Crippen molar-refractivity contribution in [1.29, 1.82) is 0 Å². The first kappa shape index (κ1) is 10.5. The predicted octanol–water partition coefficient (Wildman–Crippen LogP) is 2.19. The third-order valence-corrected chi connectivity index (χ3v) is 2.11. The summed E-state index contributed by atoms with van der Waals surface area (Å²) in [4.78, 5) is 4.09. The normalized spacial score (nSPS) is 10.3. The number of ether oxygens (including phenoxy) is 1. The maximum absolute atomic E-state index is 5.63. The van der Waals surface area contributed by atoms with Crippen LogP contribution in [-0.4, -0.2) is 11.6 Å². The van der Waals surface area contributed by atoms with Crippen molar-refractivity contribution < 1.29 is 9.15 Å². The molecule has 1 aromatic heterocycles. The molecule has 0 unspecified atom stereocenters. The van der Waals surface area contributed by atoms with Gasteiger partial charge in [-0.25, -0.2) is 4.98 Å². The first-order valence-corrected chi connectivity index (χ1v) is 5.14. The summed E-state index contributed by atoms with van der Waals surface area (Å²) in [5, 5.41) is 0. The van der Waals surface area contributed by atoms with Gasteiger partial charge in [-0.3, -0.25) is 0 Å². The van der Waals surface area contributed by atoms with Crippen LogP contribution in [0.1, 0.15) is 11.7 Å². The summed E-state index contributed by atoms with van der Waals surface area (Å²) >= 11 is 0. The van der Waals surface area contributed by atoms with Gasteiger partial charge < -0.3 is 14.9 Å². The first-order valence-electron chi connectivity index (χ1n) is 5.14. The Morgan fingerprint density at radius 3 is 3.00 bits per heavy atom. The predicted molar refractivity (Wildman–Crippen MR) is 61.3 cm³/mol. The Kier molecular flexibility index (Phi) is 3.10. The molecule has 0 saturated carbocycles. The quantitative estimate of drug-likeness (QED) is 0.799. The fourth-order valence-corrected chi connectivity index (χ4v) is 1.38. The molecule has 16 heavy (non-hydrogen) atoms. The number of benzene rings is 1. The maximum atomic E-state index is 5.63. The second kappa shape index (κ2) is 4.70. The molecule has 2 rings (SSSR count). The summed E-state index contributed by atoms with van der Waals surface area (Å²) in [6.45, 7) is 2.40. The van der Waals surface area contributed by atoms with E-state index in [2.05, 4.69) is 4.98 Å². The number of aromatic nitrogens is 1. The van der Waals surface area contributed by atoms with E-state index in [9.17, 15) is 0 Å². The molecule has 0 aliphatic heterocycles. The van der Waals surface area contributed by atoms with Crippen molar-refractivity contribution in [3.63, 3.8) is 0 Å². The Balaban J connectivity index is 1.84. The summed E-state index contributed by atoms with van der Waals surface area (Å²) in [5.41, 5.74) is 6.33. The third kappa shape index (κ3) is 2.76. The minimum absolute atomic E-state index is 0.531. The topological polar surface area (TPSA) is 61.3 Å². The molecule has 0 amide bonds. The molecule has 0 radical (unpaired) electrons. The fraction of sp³-hybridized carbons (Fsp3) is 0.250. The van der Waals surface area contributed by atoms with E-state index in [1.54, 1.807) is 12.3 Å². The van der Waals surface area contributed by atoms with Gasteiger partial charge in [-0.15, -0.1) is 0 Å². The largest absolute Gasteiger partial charge is 0.493 e. The molecule has 4 nitrogen and oxygen atoms in total. The lowest BCUT2D eigenvalue weighted by Gasteiger charge is -2.04. The number of nitrogen functional groups attached to an aromatic ring is 1. The Morgan fingerprint density at radius 1 is 1.44 bits per heavy atom. The van der Waals surface area contributed by atoms with Gasteiger partial charge in [0.05, 0.1) is 19.2 Å². The lowest BCUT2D eigenvalue weighted by Crippen LogP contribution is -2.01. The molecule has 1 heterocycles. The molecule has 84 valence electrons. The summed E-state index contributed by atoms with van der Waals surface area (Å²) in [5.74, 6) is 2.28. The lowest BCUT2D eigenvalue weighted by molar-refractivity contribution is 0.305. The van der Waals surface area contributed by atoms with Crippen molar-refractivity contribution in [3.8, 4) is 5.75 Å². The van der Waals surface area contributed by atoms with Gasteiger partial charge in [-0.05, 0) is 19.1 Å². The van der Waals surface area contributed by atoms with E-state index < -0.39 is 0 Å². The van der Waals surface area contributed by atoms with E-state index in [1.807, 2.05) is 25.1 Å². The third-order valence-electron chi connectivity index (χ3n) is 2.11. The number of hydrogen-bond acceptors (Lipinski definition) is 4. The monoisotopic (exact) mass is 218 g/mol. The average molecular weight is 218 g/mol. The Morgan fingerprint density at radius 2 is 2.31 bits per heavy atom. The lowest BCUT2D eigenvalue weighted by atomic mass is 10.3. The number of aryl methyl sites for hydroxylation is 1. The van der Waals surface area contributed by atoms with Gasteiger partial charge in [0.25, 0.3) is 0 Å². The molecule has 0 atom stereocenters. The first-order chi connectivity index (χ1) is 7.74. The average Bonchev–Trinajstić information content (AvgIpc) is 2.64. The van der Waals surface area contributed by atoms with Crippen molar-refractivity contribution in [2.24, 2.45) is 0 Å². The highest BCUT2D eigenvalue weighted by atomic mass is 16.5. The molecule has 0 bridgehead atoms. The van der Waals surface area contributed by atoms with Crippen LogP contribution in [0, 0.1) is 6.92 Å². The molecule has 4 heteroatoms. The minimum atomic E-state index is 0.531. The van der Waals surface area contributed by atoms with Crippen LogP contribution >= 0.6 is 0 Å². The van der Waals surface area contributed by atoms with Crippen LogP contribution in [0.25, 0.3) is 0 Å². The van der Waals surface area contributed by atoms with E-state index >= 15 is 0 Å². The zero-order valence-corrected chi connectivity index (χ0v) is 9.14. The molecule has 0 fully saturated rings. The number of rotatable bonds is 4. The highest BCUT2D eigenvalue weighted by Gasteiger charge is 2.01. The van der Waals surface area contributed by atoms with E-state index in [1.165, 1.54) is 0 Å². The van der Waals surface area contributed by atoms with E-state index in [-0.39, 0.29) is 0 Å².